The van der Waals surface area contributed by atoms with Gasteiger partial charge in [-0.2, -0.15) is 0 Å². The Balaban J connectivity index is 1.30. The summed E-state index contributed by atoms with van der Waals surface area (Å²) in [4.78, 5) is 33.3. The van der Waals surface area contributed by atoms with Gasteiger partial charge in [-0.3, -0.25) is 9.69 Å². The third-order valence-corrected chi connectivity index (χ3v) is 8.05. The number of fused-ring (bicyclic) bond motifs is 1. The van der Waals surface area contributed by atoms with Crippen molar-refractivity contribution in [2.75, 3.05) is 56.7 Å². The Bertz CT molecular complexity index is 1580. The lowest BCUT2D eigenvalue weighted by Gasteiger charge is -2.36. The van der Waals surface area contributed by atoms with E-state index in [1.807, 2.05) is 72.8 Å². The van der Waals surface area contributed by atoms with Gasteiger partial charge in [-0.1, -0.05) is 53.8 Å². The maximum absolute atomic E-state index is 13.7. The highest BCUT2D eigenvalue weighted by Crippen LogP contribution is 2.34. The number of amides is 1. The summed E-state index contributed by atoms with van der Waals surface area (Å²) in [6, 6.07) is 25.5. The Morgan fingerprint density at radius 2 is 1.75 bits per heavy atom. The number of thiazole rings is 1. The number of pyridine rings is 2. The van der Waals surface area contributed by atoms with Gasteiger partial charge in [-0.25, -0.2) is 15.0 Å². The van der Waals surface area contributed by atoms with Crippen LogP contribution < -0.4 is 10.2 Å². The number of rotatable bonds is 8. The smallest absolute Gasteiger partial charge is 0.274 e. The Labute approximate surface area is 237 Å². The first kappa shape index (κ1) is 26.1. The lowest BCUT2D eigenvalue weighted by atomic mass is 10.1. The van der Waals surface area contributed by atoms with E-state index < -0.39 is 0 Å². The molecule has 1 aliphatic heterocycles. The van der Waals surface area contributed by atoms with E-state index in [-0.39, 0.29) is 5.91 Å². The molecule has 40 heavy (non-hydrogen) atoms. The molecule has 0 bridgehead atoms. The number of methoxy groups -OCH3 is 1. The molecule has 1 fully saturated rings. The molecule has 0 spiro atoms. The van der Waals surface area contributed by atoms with Crippen LogP contribution >= 0.6 is 11.3 Å². The summed E-state index contributed by atoms with van der Waals surface area (Å²) in [6.45, 7) is 5.28. The van der Waals surface area contributed by atoms with Gasteiger partial charge in [0.2, 0.25) is 0 Å². The minimum atomic E-state index is -0.260. The Morgan fingerprint density at radius 3 is 2.55 bits per heavy atom. The highest BCUT2D eigenvalue weighted by molar-refractivity contribution is 7.21. The van der Waals surface area contributed by atoms with Gasteiger partial charge in [-0.05, 0) is 36.4 Å². The third kappa shape index (κ3) is 5.72. The minimum absolute atomic E-state index is 0.260. The fourth-order valence-electron chi connectivity index (χ4n) is 4.87. The van der Waals surface area contributed by atoms with E-state index in [0.717, 1.165) is 77.2 Å². The van der Waals surface area contributed by atoms with E-state index in [1.165, 1.54) is 11.3 Å². The van der Waals surface area contributed by atoms with Crippen LogP contribution in [0.4, 0.5) is 11.4 Å². The number of aromatic nitrogens is 3. The number of nitrogens with zero attached hydrogens (tertiary/aromatic N) is 5. The molecule has 5 aromatic rings. The standard InChI is InChI=1S/C31H30N6O2S/c1-39-19-18-36-14-16-37(17-15-36)23-20-27(22-8-3-2-4-9-22)33-28(21-23)29(38)34-25-11-6-5-10-24(25)30-35-26-12-7-13-32-31(26)40-30/h2-13,20-21H,14-19H2,1H3,(H,34,38). The largest absolute Gasteiger partial charge is 0.383 e. The maximum Gasteiger partial charge on any atom is 0.274 e. The third-order valence-electron chi connectivity index (χ3n) is 7.03. The molecule has 6 rings (SSSR count). The van der Waals surface area contributed by atoms with Gasteiger partial charge >= 0.3 is 0 Å². The van der Waals surface area contributed by atoms with E-state index in [0.29, 0.717) is 11.4 Å². The molecule has 0 atom stereocenters. The second kappa shape index (κ2) is 11.9. The second-order valence-corrected chi connectivity index (χ2v) is 10.6. The van der Waals surface area contributed by atoms with Crippen LogP contribution in [0.25, 0.3) is 32.2 Å². The summed E-state index contributed by atoms with van der Waals surface area (Å²) in [6.07, 6.45) is 1.76. The van der Waals surface area contributed by atoms with Crippen LogP contribution in [0.5, 0.6) is 0 Å². The molecule has 2 aromatic carbocycles. The molecule has 0 radical (unpaired) electrons. The molecule has 0 saturated carbocycles. The number of carbonyl (C=O) groups excluding carboxylic acids is 1. The number of hydrogen-bond acceptors (Lipinski definition) is 8. The number of hydrogen-bond donors (Lipinski definition) is 1. The highest BCUT2D eigenvalue weighted by Gasteiger charge is 2.21. The molecule has 1 N–H and O–H groups in total. The monoisotopic (exact) mass is 550 g/mol. The topological polar surface area (TPSA) is 83.5 Å². The van der Waals surface area contributed by atoms with E-state index >= 15 is 0 Å². The van der Waals surface area contributed by atoms with Crippen molar-refractivity contribution >= 4 is 39.0 Å². The zero-order chi connectivity index (χ0) is 27.3. The second-order valence-electron chi connectivity index (χ2n) is 9.63. The van der Waals surface area contributed by atoms with E-state index in [9.17, 15) is 4.79 Å². The fraction of sp³-hybridized carbons (Fsp3) is 0.226. The highest BCUT2D eigenvalue weighted by atomic mass is 32.1. The molecule has 8 nitrogen and oxygen atoms in total. The SMILES string of the molecule is COCCN1CCN(c2cc(C(=O)Nc3ccccc3-c3nc4cccnc4s3)nc(-c3ccccc3)c2)CC1. The van der Waals surface area contributed by atoms with Crippen molar-refractivity contribution in [3.8, 4) is 21.8 Å². The van der Waals surface area contributed by atoms with Gasteiger partial charge < -0.3 is 15.0 Å². The first-order chi connectivity index (χ1) is 19.7. The molecule has 9 heteroatoms. The Hall–Kier alpha value is -4.18. The van der Waals surface area contributed by atoms with E-state index in [1.54, 1.807) is 13.3 Å². The molecule has 0 unspecified atom stereocenters. The number of anilines is 2. The van der Waals surface area contributed by atoms with Gasteiger partial charge in [0.15, 0.2) is 0 Å². The molecule has 1 saturated heterocycles. The van der Waals surface area contributed by atoms with Crippen LogP contribution in [0.15, 0.2) is 85.1 Å². The normalized spacial score (nSPS) is 14.0. The Morgan fingerprint density at radius 1 is 0.950 bits per heavy atom. The molecule has 1 amide bonds. The minimum Gasteiger partial charge on any atom is -0.383 e. The van der Waals surface area contributed by atoms with Crippen molar-refractivity contribution in [3.05, 3.63) is 90.8 Å². The van der Waals surface area contributed by atoms with Gasteiger partial charge in [-0.15, -0.1) is 0 Å². The van der Waals surface area contributed by atoms with Crippen LogP contribution in [0.1, 0.15) is 10.5 Å². The molecule has 3 aromatic heterocycles. The molecular weight excluding hydrogens is 520 g/mol. The van der Waals surface area contributed by atoms with Crippen LogP contribution in [0, 0.1) is 0 Å². The zero-order valence-corrected chi connectivity index (χ0v) is 23.1. The number of carbonyl (C=O) groups is 1. The first-order valence-corrected chi connectivity index (χ1v) is 14.2. The molecule has 1 aliphatic rings. The number of nitrogens with one attached hydrogen (secondary N) is 1. The zero-order valence-electron chi connectivity index (χ0n) is 22.3. The van der Waals surface area contributed by atoms with Crippen LogP contribution in [-0.2, 0) is 4.74 Å². The molecule has 202 valence electrons. The molecule has 0 aliphatic carbocycles. The van der Waals surface area contributed by atoms with Crippen molar-refractivity contribution in [2.45, 2.75) is 0 Å². The van der Waals surface area contributed by atoms with Crippen LogP contribution in [0.3, 0.4) is 0 Å². The van der Waals surface area contributed by atoms with Gasteiger partial charge in [0.05, 0.1) is 18.0 Å². The van der Waals surface area contributed by atoms with Crippen molar-refractivity contribution in [1.82, 2.24) is 19.9 Å². The summed E-state index contributed by atoms with van der Waals surface area (Å²) in [5.74, 6) is -0.260. The maximum atomic E-state index is 13.7. The summed E-state index contributed by atoms with van der Waals surface area (Å²) in [7, 11) is 1.74. The Kier molecular flexibility index (Phi) is 7.76. The molecule has 4 heterocycles. The van der Waals surface area contributed by atoms with Crippen molar-refractivity contribution in [3.63, 3.8) is 0 Å². The fourth-order valence-corrected chi connectivity index (χ4v) is 5.82. The predicted octanol–water partition coefficient (Wildman–Crippen LogP) is 5.44. The number of para-hydroxylation sites is 1. The lowest BCUT2D eigenvalue weighted by molar-refractivity contribution is 0.102. The van der Waals surface area contributed by atoms with Gasteiger partial charge in [0, 0.05) is 62.8 Å². The quantitative estimate of drug-likeness (QED) is 0.275. The van der Waals surface area contributed by atoms with Crippen molar-refractivity contribution in [2.24, 2.45) is 0 Å². The number of ether oxygens (including phenoxy) is 1. The van der Waals surface area contributed by atoms with Crippen LogP contribution in [-0.4, -0.2) is 72.2 Å². The predicted molar refractivity (Wildman–Crippen MR) is 161 cm³/mol. The van der Waals surface area contributed by atoms with Crippen molar-refractivity contribution < 1.29 is 9.53 Å². The average Bonchev–Trinajstić information content (AvgIpc) is 3.45. The lowest BCUT2D eigenvalue weighted by Crippen LogP contribution is -2.47. The van der Waals surface area contributed by atoms with Crippen LogP contribution in [0.2, 0.25) is 0 Å². The summed E-state index contributed by atoms with van der Waals surface area (Å²) < 4.78 is 5.25. The summed E-state index contributed by atoms with van der Waals surface area (Å²) in [5.41, 5.74) is 5.50. The number of piperazine rings is 1. The van der Waals surface area contributed by atoms with E-state index in [2.05, 4.69) is 26.2 Å². The van der Waals surface area contributed by atoms with Gasteiger partial charge in [0.25, 0.3) is 5.91 Å². The molecular formula is C31H30N6O2S. The average molecular weight is 551 g/mol. The summed E-state index contributed by atoms with van der Waals surface area (Å²) in [5, 5.41) is 3.92. The van der Waals surface area contributed by atoms with Crippen molar-refractivity contribution in [1.29, 1.82) is 0 Å². The summed E-state index contributed by atoms with van der Waals surface area (Å²) >= 11 is 1.51. The number of benzene rings is 2. The van der Waals surface area contributed by atoms with E-state index in [4.69, 9.17) is 14.7 Å². The van der Waals surface area contributed by atoms with Gasteiger partial charge in [0.1, 0.15) is 21.0 Å². The first-order valence-electron chi connectivity index (χ1n) is 13.3.